The summed E-state index contributed by atoms with van der Waals surface area (Å²) in [6.45, 7) is 2.14. The van der Waals surface area contributed by atoms with Crippen LogP contribution in [0.5, 0.6) is 0 Å². The third-order valence-electron chi connectivity index (χ3n) is 2.76. The summed E-state index contributed by atoms with van der Waals surface area (Å²) in [7, 11) is 0. The Kier molecular flexibility index (Phi) is 5.47. The molecule has 1 saturated heterocycles. The molecule has 6 heteroatoms. The largest absolute Gasteiger partial charge is 0.327 e. The minimum Gasteiger partial charge on any atom is -0.327 e. The molecule has 94 valence electrons. The molecule has 0 bridgehead atoms. The second-order valence-electron chi connectivity index (χ2n) is 4.15. The molecule has 2 rings (SSSR count). The van der Waals surface area contributed by atoms with Crippen LogP contribution >= 0.6 is 12.4 Å². The molecule has 1 fully saturated rings. The van der Waals surface area contributed by atoms with Crippen LogP contribution in [0.2, 0.25) is 0 Å². The van der Waals surface area contributed by atoms with Crippen molar-refractivity contribution in [2.75, 3.05) is 19.6 Å². The predicted octanol–water partition coefficient (Wildman–Crippen LogP) is 0.504. The molecular formula is C11H17ClN4O. The molecule has 0 aliphatic carbocycles. The number of hydrogen-bond acceptors (Lipinski definition) is 5. The van der Waals surface area contributed by atoms with Gasteiger partial charge in [0, 0.05) is 25.0 Å². The molecule has 0 spiro atoms. The van der Waals surface area contributed by atoms with Crippen LogP contribution in [0.1, 0.15) is 23.3 Å². The van der Waals surface area contributed by atoms with E-state index in [1.165, 1.54) is 12.4 Å². The van der Waals surface area contributed by atoms with Gasteiger partial charge in [0.2, 0.25) is 0 Å². The van der Waals surface area contributed by atoms with Crippen LogP contribution in [0.3, 0.4) is 0 Å². The van der Waals surface area contributed by atoms with Crippen molar-refractivity contribution in [1.29, 1.82) is 0 Å². The molecule has 5 nitrogen and oxygen atoms in total. The van der Waals surface area contributed by atoms with Crippen molar-refractivity contribution >= 4 is 18.2 Å². The normalized spacial score (nSPS) is 20.6. The zero-order valence-electron chi connectivity index (χ0n) is 9.58. The second-order valence-corrected chi connectivity index (χ2v) is 4.15. The Balaban J connectivity index is 0.00000144. The molecule has 2 N–H and O–H groups in total. The lowest BCUT2D eigenvalue weighted by Gasteiger charge is -2.29. The number of hydrogen-bond donors (Lipinski definition) is 1. The van der Waals surface area contributed by atoms with Gasteiger partial charge in [-0.3, -0.25) is 14.7 Å². The fourth-order valence-electron chi connectivity index (χ4n) is 1.96. The average molecular weight is 257 g/mol. The molecule has 0 radical (unpaired) electrons. The Morgan fingerprint density at radius 1 is 1.53 bits per heavy atom. The number of Topliss-reactive ketones (excluding diaryl/α,β-unsaturated/α-hetero) is 1. The highest BCUT2D eigenvalue weighted by molar-refractivity contribution is 5.95. The summed E-state index contributed by atoms with van der Waals surface area (Å²) in [5.74, 6) is 0.0159. The first-order valence-corrected chi connectivity index (χ1v) is 5.53. The zero-order chi connectivity index (χ0) is 11.4. The van der Waals surface area contributed by atoms with Gasteiger partial charge in [0.15, 0.2) is 5.78 Å². The smallest absolute Gasteiger partial charge is 0.196 e. The lowest BCUT2D eigenvalue weighted by molar-refractivity contribution is 0.0903. The molecule has 0 amide bonds. The SMILES string of the molecule is Cl.NC1CCCN(CC(=O)c2cnccn2)C1. The number of halogens is 1. The lowest BCUT2D eigenvalue weighted by Crippen LogP contribution is -2.44. The number of aromatic nitrogens is 2. The van der Waals surface area contributed by atoms with Gasteiger partial charge in [-0.2, -0.15) is 0 Å². The first-order chi connectivity index (χ1) is 7.75. The number of carbonyl (C=O) groups excluding carboxylic acids is 1. The molecule has 1 aliphatic heterocycles. The summed E-state index contributed by atoms with van der Waals surface area (Å²) in [4.78, 5) is 21.8. The van der Waals surface area contributed by atoms with Crippen molar-refractivity contribution in [3.05, 3.63) is 24.3 Å². The molecule has 1 aliphatic rings. The van der Waals surface area contributed by atoms with Gasteiger partial charge in [0.1, 0.15) is 5.69 Å². The van der Waals surface area contributed by atoms with E-state index in [1.54, 1.807) is 6.20 Å². The predicted molar refractivity (Wildman–Crippen MR) is 67.3 cm³/mol. The van der Waals surface area contributed by atoms with Crippen molar-refractivity contribution < 1.29 is 4.79 Å². The maximum Gasteiger partial charge on any atom is 0.196 e. The van der Waals surface area contributed by atoms with Crippen molar-refractivity contribution in [3.63, 3.8) is 0 Å². The maximum absolute atomic E-state index is 11.8. The Hall–Kier alpha value is -1.04. The summed E-state index contributed by atoms with van der Waals surface area (Å²) in [5, 5.41) is 0. The number of ketones is 1. The van der Waals surface area contributed by atoms with E-state index in [-0.39, 0.29) is 24.2 Å². The van der Waals surface area contributed by atoms with Gasteiger partial charge in [-0.1, -0.05) is 0 Å². The van der Waals surface area contributed by atoms with Gasteiger partial charge in [0.25, 0.3) is 0 Å². The van der Waals surface area contributed by atoms with Crippen LogP contribution in [0.25, 0.3) is 0 Å². The molecule has 1 unspecified atom stereocenters. The average Bonchev–Trinajstić information content (AvgIpc) is 2.30. The van der Waals surface area contributed by atoms with Crippen molar-refractivity contribution in [2.24, 2.45) is 5.73 Å². The van der Waals surface area contributed by atoms with Crippen molar-refractivity contribution in [1.82, 2.24) is 14.9 Å². The number of carbonyl (C=O) groups is 1. The minimum atomic E-state index is 0. The summed E-state index contributed by atoms with van der Waals surface area (Å²) in [6, 6.07) is 0.198. The Morgan fingerprint density at radius 3 is 3.00 bits per heavy atom. The van der Waals surface area contributed by atoms with E-state index in [1.807, 2.05) is 0 Å². The van der Waals surface area contributed by atoms with Crippen LogP contribution in [0.15, 0.2) is 18.6 Å². The first kappa shape index (κ1) is 14.0. The quantitative estimate of drug-likeness (QED) is 0.798. The molecular weight excluding hydrogens is 240 g/mol. The van der Waals surface area contributed by atoms with Gasteiger partial charge in [-0.15, -0.1) is 12.4 Å². The number of nitrogens with zero attached hydrogens (tertiary/aromatic N) is 3. The summed E-state index contributed by atoms with van der Waals surface area (Å²) < 4.78 is 0. The number of likely N-dealkylation sites (tertiary alicyclic amines) is 1. The van der Waals surface area contributed by atoms with Crippen LogP contribution in [-0.4, -0.2) is 46.3 Å². The van der Waals surface area contributed by atoms with E-state index in [2.05, 4.69) is 14.9 Å². The van der Waals surface area contributed by atoms with Gasteiger partial charge < -0.3 is 5.73 Å². The van der Waals surface area contributed by atoms with Crippen molar-refractivity contribution in [2.45, 2.75) is 18.9 Å². The van der Waals surface area contributed by atoms with Crippen LogP contribution in [0, 0.1) is 0 Å². The second kappa shape index (κ2) is 6.64. The van der Waals surface area contributed by atoms with Gasteiger partial charge >= 0.3 is 0 Å². The van der Waals surface area contributed by atoms with E-state index in [4.69, 9.17) is 5.73 Å². The molecule has 0 aromatic carbocycles. The Morgan fingerprint density at radius 2 is 2.35 bits per heavy atom. The minimum absolute atomic E-state index is 0. The Bertz CT molecular complexity index is 360. The maximum atomic E-state index is 11.8. The van der Waals surface area contributed by atoms with E-state index in [0.29, 0.717) is 12.2 Å². The third-order valence-corrected chi connectivity index (χ3v) is 2.76. The summed E-state index contributed by atoms with van der Waals surface area (Å²) in [5.41, 5.74) is 6.29. The fourth-order valence-corrected chi connectivity index (χ4v) is 1.96. The standard InChI is InChI=1S/C11H16N4O.ClH/c12-9-2-1-5-15(7-9)8-11(16)10-6-13-3-4-14-10;/h3-4,6,9H,1-2,5,7-8,12H2;1H. The first-order valence-electron chi connectivity index (χ1n) is 5.53. The van der Waals surface area contributed by atoms with Gasteiger partial charge in [0.05, 0.1) is 12.7 Å². The zero-order valence-corrected chi connectivity index (χ0v) is 10.4. The van der Waals surface area contributed by atoms with Crippen LogP contribution < -0.4 is 5.73 Å². The highest BCUT2D eigenvalue weighted by Crippen LogP contribution is 2.08. The molecule has 1 atom stereocenters. The third kappa shape index (κ3) is 4.03. The highest BCUT2D eigenvalue weighted by Gasteiger charge is 2.19. The molecule has 17 heavy (non-hydrogen) atoms. The molecule has 2 heterocycles. The monoisotopic (exact) mass is 256 g/mol. The van der Waals surface area contributed by atoms with E-state index in [0.717, 1.165) is 25.9 Å². The summed E-state index contributed by atoms with van der Waals surface area (Å²) >= 11 is 0. The summed E-state index contributed by atoms with van der Waals surface area (Å²) in [6.07, 6.45) is 6.72. The molecule has 1 aromatic heterocycles. The van der Waals surface area contributed by atoms with Gasteiger partial charge in [-0.25, -0.2) is 4.98 Å². The molecule has 0 saturated carbocycles. The number of nitrogens with two attached hydrogens (primary N) is 1. The number of rotatable bonds is 3. The van der Waals surface area contributed by atoms with E-state index in [9.17, 15) is 4.79 Å². The number of piperidine rings is 1. The lowest BCUT2D eigenvalue weighted by atomic mass is 10.1. The topological polar surface area (TPSA) is 72.1 Å². The van der Waals surface area contributed by atoms with Crippen LogP contribution in [0.4, 0.5) is 0 Å². The Labute approximate surface area is 107 Å². The van der Waals surface area contributed by atoms with Crippen molar-refractivity contribution in [3.8, 4) is 0 Å². The fraction of sp³-hybridized carbons (Fsp3) is 0.545. The van der Waals surface area contributed by atoms with E-state index < -0.39 is 0 Å². The van der Waals surface area contributed by atoms with Crippen LogP contribution in [-0.2, 0) is 0 Å². The highest BCUT2D eigenvalue weighted by atomic mass is 35.5. The van der Waals surface area contributed by atoms with Gasteiger partial charge in [-0.05, 0) is 19.4 Å². The molecule has 1 aromatic rings. The van der Waals surface area contributed by atoms with E-state index >= 15 is 0 Å².